The van der Waals surface area contributed by atoms with Gasteiger partial charge in [-0.1, -0.05) is 0 Å². The number of aromatic nitrogens is 1. The van der Waals surface area contributed by atoms with Crippen LogP contribution in [0.15, 0.2) is 41.3 Å². The van der Waals surface area contributed by atoms with E-state index in [0.29, 0.717) is 0 Å². The molecule has 0 atom stereocenters. The van der Waals surface area contributed by atoms with Crippen molar-refractivity contribution in [3.8, 4) is 0 Å². The highest BCUT2D eigenvalue weighted by atomic mass is 16.3. The Morgan fingerprint density at radius 3 is 2.38 bits per heavy atom. The summed E-state index contributed by atoms with van der Waals surface area (Å²) in [5.41, 5.74) is 1.08. The number of hydrogen-bond donors (Lipinski definition) is 0. The van der Waals surface area contributed by atoms with Gasteiger partial charge in [0.2, 0.25) is 0 Å². The summed E-state index contributed by atoms with van der Waals surface area (Å²) < 4.78 is 7.66. The molecule has 0 saturated heterocycles. The molecule has 1 aromatic carbocycles. The largest absolute Gasteiger partial charge is 0.464 e. The second kappa shape index (κ2) is 2.91. The molecule has 2 nitrogen and oxygen atoms in total. The lowest BCUT2D eigenvalue weighted by Gasteiger charge is -2.20. The first-order valence-electron chi connectivity index (χ1n) is 5.53. The summed E-state index contributed by atoms with van der Waals surface area (Å²) in [4.78, 5) is 0. The second-order valence-corrected chi connectivity index (χ2v) is 5.28. The Balaban J connectivity index is 2.31. The zero-order chi connectivity index (χ0) is 11.3. The van der Waals surface area contributed by atoms with Crippen LogP contribution in [0.25, 0.3) is 21.7 Å². The Morgan fingerprint density at radius 1 is 1.00 bits per heavy atom. The maximum atomic E-state index is 5.41. The molecule has 16 heavy (non-hydrogen) atoms. The summed E-state index contributed by atoms with van der Waals surface area (Å²) in [7, 11) is 0. The Bertz CT molecular complexity index is 604. The van der Waals surface area contributed by atoms with E-state index in [0.717, 1.165) is 5.58 Å². The maximum absolute atomic E-state index is 5.41. The van der Waals surface area contributed by atoms with Crippen molar-refractivity contribution in [1.29, 1.82) is 0 Å². The number of furan rings is 1. The lowest BCUT2D eigenvalue weighted by molar-refractivity contribution is 0.399. The highest BCUT2D eigenvalue weighted by molar-refractivity contribution is 5.95. The van der Waals surface area contributed by atoms with Crippen LogP contribution >= 0.6 is 0 Å². The average molecular weight is 213 g/mol. The van der Waals surface area contributed by atoms with Crippen LogP contribution in [0.2, 0.25) is 0 Å². The molecule has 0 unspecified atom stereocenters. The monoisotopic (exact) mass is 213 g/mol. The summed E-state index contributed by atoms with van der Waals surface area (Å²) in [6.07, 6.45) is 6.11. The zero-order valence-corrected chi connectivity index (χ0v) is 9.82. The van der Waals surface area contributed by atoms with Crippen molar-refractivity contribution in [2.45, 2.75) is 26.3 Å². The molecule has 3 aromatic rings. The Kier molecular flexibility index (Phi) is 1.73. The van der Waals surface area contributed by atoms with Crippen molar-refractivity contribution in [3.05, 3.63) is 36.9 Å². The fourth-order valence-electron chi connectivity index (χ4n) is 1.99. The van der Waals surface area contributed by atoms with Crippen LogP contribution in [0.3, 0.4) is 0 Å². The van der Waals surface area contributed by atoms with Crippen LogP contribution in [-0.2, 0) is 5.54 Å². The molecule has 0 amide bonds. The molecule has 2 heterocycles. The zero-order valence-electron chi connectivity index (χ0n) is 9.82. The number of benzene rings is 1. The van der Waals surface area contributed by atoms with E-state index in [1.807, 2.05) is 6.07 Å². The summed E-state index contributed by atoms with van der Waals surface area (Å²) in [6.45, 7) is 6.61. The van der Waals surface area contributed by atoms with Gasteiger partial charge in [0.1, 0.15) is 5.58 Å². The topological polar surface area (TPSA) is 18.1 Å². The number of nitrogens with zero attached hydrogens (tertiary/aromatic N) is 1. The quantitative estimate of drug-likeness (QED) is 0.548. The summed E-state index contributed by atoms with van der Waals surface area (Å²) >= 11 is 0. The minimum absolute atomic E-state index is 0.125. The third-order valence-electron chi connectivity index (χ3n) is 2.99. The fourth-order valence-corrected chi connectivity index (χ4v) is 1.99. The van der Waals surface area contributed by atoms with Gasteiger partial charge in [-0.25, -0.2) is 0 Å². The molecule has 0 aliphatic carbocycles. The highest BCUT2D eigenvalue weighted by Crippen LogP contribution is 2.27. The average Bonchev–Trinajstić information content (AvgIpc) is 2.75. The van der Waals surface area contributed by atoms with E-state index in [4.69, 9.17) is 4.42 Å². The number of hydrogen-bond acceptors (Lipinski definition) is 1. The highest BCUT2D eigenvalue weighted by Gasteiger charge is 2.13. The normalized spacial score (nSPS) is 12.7. The van der Waals surface area contributed by atoms with Crippen molar-refractivity contribution in [2.75, 3.05) is 0 Å². The molecule has 0 bridgehead atoms. The van der Waals surface area contributed by atoms with Crippen molar-refractivity contribution >= 4 is 21.7 Å². The van der Waals surface area contributed by atoms with Crippen LogP contribution in [0.4, 0.5) is 0 Å². The molecule has 82 valence electrons. The van der Waals surface area contributed by atoms with Crippen LogP contribution in [0, 0.1) is 0 Å². The van der Waals surface area contributed by atoms with Crippen molar-refractivity contribution in [2.24, 2.45) is 0 Å². The van der Waals surface area contributed by atoms with Gasteiger partial charge in [0.15, 0.2) is 0 Å². The fraction of sp³-hybridized carbons (Fsp3) is 0.286. The molecule has 2 aromatic heterocycles. The Labute approximate surface area is 94.5 Å². The van der Waals surface area contributed by atoms with Crippen molar-refractivity contribution in [1.82, 2.24) is 4.57 Å². The van der Waals surface area contributed by atoms with Gasteiger partial charge in [-0.05, 0) is 39.0 Å². The standard InChI is InChI=1S/C14H15NO/c1-14(2,3)15-8-11-6-10-4-5-16-13(10)7-12(11)9-15/h4-9H,1-3H3. The lowest BCUT2D eigenvalue weighted by atomic mass is 10.1. The first kappa shape index (κ1) is 9.52. The predicted octanol–water partition coefficient (Wildman–Crippen LogP) is 4.14. The van der Waals surface area contributed by atoms with E-state index >= 15 is 0 Å². The van der Waals surface area contributed by atoms with E-state index in [2.05, 4.69) is 49.9 Å². The molecule has 0 N–H and O–H groups in total. The smallest absolute Gasteiger partial charge is 0.134 e. The van der Waals surface area contributed by atoms with Gasteiger partial charge in [-0.3, -0.25) is 0 Å². The van der Waals surface area contributed by atoms with Gasteiger partial charge >= 0.3 is 0 Å². The molecule has 0 radical (unpaired) electrons. The summed E-state index contributed by atoms with van der Waals surface area (Å²) in [6, 6.07) is 6.28. The van der Waals surface area contributed by atoms with Crippen LogP contribution in [0.5, 0.6) is 0 Å². The third-order valence-corrected chi connectivity index (χ3v) is 2.99. The molecule has 0 spiro atoms. The molecule has 3 rings (SSSR count). The molecule has 0 fully saturated rings. The molecule has 0 saturated carbocycles. The predicted molar refractivity (Wildman–Crippen MR) is 66.7 cm³/mol. The molecule has 2 heteroatoms. The molecular weight excluding hydrogens is 198 g/mol. The van der Waals surface area contributed by atoms with E-state index in [1.54, 1.807) is 6.26 Å². The van der Waals surface area contributed by atoms with Crippen molar-refractivity contribution < 1.29 is 4.42 Å². The molecular formula is C14H15NO. The van der Waals surface area contributed by atoms with Gasteiger partial charge in [-0.15, -0.1) is 0 Å². The van der Waals surface area contributed by atoms with Gasteiger partial charge in [0, 0.05) is 34.1 Å². The lowest BCUT2D eigenvalue weighted by Crippen LogP contribution is -2.19. The maximum Gasteiger partial charge on any atom is 0.134 e. The second-order valence-electron chi connectivity index (χ2n) is 5.28. The Hall–Kier alpha value is -1.70. The van der Waals surface area contributed by atoms with E-state index in [9.17, 15) is 0 Å². The van der Waals surface area contributed by atoms with Crippen LogP contribution in [-0.4, -0.2) is 4.57 Å². The minimum atomic E-state index is 0.125. The van der Waals surface area contributed by atoms with E-state index in [-0.39, 0.29) is 5.54 Å². The first-order chi connectivity index (χ1) is 7.54. The van der Waals surface area contributed by atoms with Gasteiger partial charge in [0.25, 0.3) is 0 Å². The van der Waals surface area contributed by atoms with Gasteiger partial charge in [-0.2, -0.15) is 0 Å². The summed E-state index contributed by atoms with van der Waals surface area (Å²) in [5, 5.41) is 3.67. The van der Waals surface area contributed by atoms with Gasteiger partial charge in [0.05, 0.1) is 6.26 Å². The van der Waals surface area contributed by atoms with Crippen molar-refractivity contribution in [3.63, 3.8) is 0 Å². The summed E-state index contributed by atoms with van der Waals surface area (Å²) in [5.74, 6) is 0. The number of fused-ring (bicyclic) bond motifs is 2. The first-order valence-corrected chi connectivity index (χ1v) is 5.53. The van der Waals surface area contributed by atoms with E-state index < -0.39 is 0 Å². The van der Waals surface area contributed by atoms with Crippen LogP contribution < -0.4 is 0 Å². The van der Waals surface area contributed by atoms with Crippen LogP contribution in [0.1, 0.15) is 20.8 Å². The van der Waals surface area contributed by atoms with Gasteiger partial charge < -0.3 is 8.98 Å². The third kappa shape index (κ3) is 1.33. The Morgan fingerprint density at radius 2 is 1.69 bits per heavy atom. The molecule has 0 aliphatic heterocycles. The van der Waals surface area contributed by atoms with E-state index in [1.165, 1.54) is 16.2 Å². The molecule has 0 aliphatic rings. The minimum Gasteiger partial charge on any atom is -0.464 e. The SMILES string of the molecule is CC(C)(C)n1cc2cc3ccoc3cc2c1. The number of rotatable bonds is 0.